The van der Waals surface area contributed by atoms with Crippen LogP contribution in [0.15, 0.2) is 169 Å². The normalized spacial score (nSPS) is 12.7. The quantitative estimate of drug-likeness (QED) is 0.161. The Hall–Kier alpha value is -6.12. The fourth-order valence-electron chi connectivity index (χ4n) is 7.40. The smallest absolute Gasteiger partial charge is 0.160 e. The van der Waals surface area contributed by atoms with Crippen LogP contribution >= 0.6 is 0 Å². The van der Waals surface area contributed by atoms with E-state index in [-0.39, 0.29) is 0 Å². The van der Waals surface area contributed by atoms with E-state index in [4.69, 9.17) is 9.97 Å². The Kier molecular flexibility index (Phi) is 9.29. The minimum Gasteiger partial charge on any atom is -0.228 e. The first-order chi connectivity index (χ1) is 25.5. The molecule has 0 aliphatic heterocycles. The van der Waals surface area contributed by atoms with E-state index >= 15 is 0 Å². The molecule has 0 fully saturated rings. The van der Waals surface area contributed by atoms with Gasteiger partial charge in [-0.05, 0) is 108 Å². The van der Waals surface area contributed by atoms with Crippen LogP contribution in [0.5, 0.6) is 0 Å². The zero-order valence-electron chi connectivity index (χ0n) is 30.1. The summed E-state index contributed by atoms with van der Waals surface area (Å²) in [7, 11) is 0. The van der Waals surface area contributed by atoms with Crippen molar-refractivity contribution < 1.29 is 0 Å². The zero-order chi connectivity index (χ0) is 35.4. The third-order valence-corrected chi connectivity index (χ3v) is 10.3. The highest BCUT2D eigenvalue weighted by Gasteiger charge is 2.16. The van der Waals surface area contributed by atoms with Gasteiger partial charge in [0.15, 0.2) is 5.82 Å². The highest BCUT2D eigenvalue weighted by atomic mass is 14.9. The second-order valence-electron chi connectivity index (χ2n) is 13.9. The number of aromatic nitrogens is 2. The summed E-state index contributed by atoms with van der Waals surface area (Å²) in [5.41, 5.74) is 19.4. The van der Waals surface area contributed by atoms with Crippen LogP contribution in [-0.4, -0.2) is 9.97 Å². The van der Waals surface area contributed by atoms with Crippen molar-refractivity contribution in [3.05, 3.63) is 197 Å². The minimum atomic E-state index is 0.723. The lowest BCUT2D eigenvalue weighted by Gasteiger charge is -2.19. The van der Waals surface area contributed by atoms with E-state index in [1.165, 1.54) is 61.2 Å². The van der Waals surface area contributed by atoms with Gasteiger partial charge < -0.3 is 0 Å². The van der Waals surface area contributed by atoms with Crippen LogP contribution in [0.25, 0.3) is 61.7 Å². The predicted molar refractivity (Wildman–Crippen MR) is 219 cm³/mol. The van der Waals surface area contributed by atoms with Crippen molar-refractivity contribution in [3.8, 4) is 56.2 Å². The van der Waals surface area contributed by atoms with Crippen molar-refractivity contribution in [1.82, 2.24) is 9.97 Å². The number of benzene rings is 6. The van der Waals surface area contributed by atoms with Gasteiger partial charge in [-0.3, -0.25) is 0 Å². The summed E-state index contributed by atoms with van der Waals surface area (Å²) < 4.78 is 0. The first-order valence-corrected chi connectivity index (χ1v) is 18.3. The van der Waals surface area contributed by atoms with Crippen LogP contribution < -0.4 is 0 Å². The second kappa shape index (κ2) is 14.6. The van der Waals surface area contributed by atoms with Crippen molar-refractivity contribution in [1.29, 1.82) is 0 Å². The average Bonchev–Trinajstić information content (AvgIpc) is 3.20. The number of aryl methyl sites for hydroxylation is 2. The highest BCUT2D eigenvalue weighted by Crippen LogP contribution is 2.36. The monoisotopic (exact) mass is 670 g/mol. The van der Waals surface area contributed by atoms with Gasteiger partial charge in [-0.1, -0.05) is 157 Å². The van der Waals surface area contributed by atoms with E-state index in [9.17, 15) is 0 Å². The number of allylic oxidation sites excluding steroid dienone is 4. The van der Waals surface area contributed by atoms with E-state index in [1.807, 2.05) is 24.3 Å². The Morgan fingerprint density at radius 1 is 0.481 bits per heavy atom. The van der Waals surface area contributed by atoms with Crippen LogP contribution in [0, 0.1) is 13.8 Å². The molecular formula is C50H42N2. The number of hydrogen-bond acceptors (Lipinski definition) is 2. The molecule has 0 amide bonds. The van der Waals surface area contributed by atoms with E-state index < -0.39 is 0 Å². The molecule has 0 atom stereocenters. The molecule has 0 spiro atoms. The van der Waals surface area contributed by atoms with Crippen molar-refractivity contribution in [2.45, 2.75) is 40.0 Å². The van der Waals surface area contributed by atoms with Crippen molar-refractivity contribution >= 4 is 5.57 Å². The second-order valence-corrected chi connectivity index (χ2v) is 13.9. The van der Waals surface area contributed by atoms with Crippen molar-refractivity contribution in [2.75, 3.05) is 0 Å². The Morgan fingerprint density at radius 2 is 1.04 bits per heavy atom. The first kappa shape index (κ1) is 33.0. The molecule has 52 heavy (non-hydrogen) atoms. The zero-order valence-corrected chi connectivity index (χ0v) is 30.1. The molecule has 1 heterocycles. The van der Waals surface area contributed by atoms with Crippen molar-refractivity contribution in [3.63, 3.8) is 0 Å². The van der Waals surface area contributed by atoms with Gasteiger partial charge in [-0.25, -0.2) is 9.97 Å². The minimum absolute atomic E-state index is 0.723. The molecule has 0 bridgehead atoms. The summed E-state index contributed by atoms with van der Waals surface area (Å²) in [5.74, 6) is 0.723. The Labute approximate surface area is 307 Å². The van der Waals surface area contributed by atoms with Crippen LogP contribution in [0.2, 0.25) is 0 Å². The lowest BCUT2D eigenvalue weighted by molar-refractivity contribution is 0.967. The Bertz CT molecular complexity index is 2420. The molecule has 0 unspecified atom stereocenters. The van der Waals surface area contributed by atoms with Crippen LogP contribution in [0.4, 0.5) is 0 Å². The first-order valence-electron chi connectivity index (χ1n) is 18.3. The molecule has 1 aliphatic carbocycles. The fraction of sp³-hybridized carbons (Fsp3) is 0.120. The molecule has 2 nitrogen and oxygen atoms in total. The fourth-order valence-corrected chi connectivity index (χ4v) is 7.40. The van der Waals surface area contributed by atoms with Crippen molar-refractivity contribution in [2.24, 2.45) is 0 Å². The number of nitrogens with zero attached hydrogens (tertiary/aromatic N) is 2. The van der Waals surface area contributed by atoms with Crippen LogP contribution in [0.1, 0.15) is 47.6 Å². The Balaban J connectivity index is 1.11. The lowest BCUT2D eigenvalue weighted by Crippen LogP contribution is -1.99. The summed E-state index contributed by atoms with van der Waals surface area (Å²) in [6.07, 6.45) is 7.74. The molecular weight excluding hydrogens is 629 g/mol. The van der Waals surface area contributed by atoms with E-state index in [0.717, 1.165) is 53.2 Å². The molecule has 0 saturated carbocycles. The van der Waals surface area contributed by atoms with Gasteiger partial charge >= 0.3 is 0 Å². The molecule has 0 saturated heterocycles. The topological polar surface area (TPSA) is 25.8 Å². The van der Waals surface area contributed by atoms with Gasteiger partial charge in [0.1, 0.15) is 0 Å². The van der Waals surface area contributed by atoms with E-state index in [1.54, 1.807) is 0 Å². The molecule has 6 aromatic carbocycles. The molecule has 0 N–H and O–H groups in total. The molecule has 0 radical (unpaired) electrons. The van der Waals surface area contributed by atoms with E-state index in [0.29, 0.717) is 0 Å². The van der Waals surface area contributed by atoms with Crippen LogP contribution in [-0.2, 0) is 6.42 Å². The van der Waals surface area contributed by atoms with Gasteiger partial charge in [0.05, 0.1) is 11.4 Å². The average molecular weight is 671 g/mol. The summed E-state index contributed by atoms with van der Waals surface area (Å²) >= 11 is 0. The third-order valence-electron chi connectivity index (χ3n) is 10.3. The maximum atomic E-state index is 5.08. The molecule has 1 aliphatic rings. The summed E-state index contributed by atoms with van der Waals surface area (Å²) in [6.45, 7) is 6.77. The molecule has 252 valence electrons. The number of hydrogen-bond donors (Lipinski definition) is 0. The largest absolute Gasteiger partial charge is 0.228 e. The SMILES string of the molecule is CC1=C(c2cc(-c3ccccc3Cc3ccc(-c4cc(-c5ccc(-c6ccccc6)cc5)nc(-c5ccccc5)n4)cc3)c(C)cc2C)C=CCC1. The predicted octanol–water partition coefficient (Wildman–Crippen LogP) is 13.1. The molecule has 8 rings (SSSR count). The maximum Gasteiger partial charge on any atom is 0.160 e. The molecule has 7 aromatic rings. The molecule has 1 aromatic heterocycles. The highest BCUT2D eigenvalue weighted by molar-refractivity contribution is 5.84. The maximum absolute atomic E-state index is 5.08. The molecule has 2 heteroatoms. The third kappa shape index (κ3) is 6.93. The number of rotatable bonds is 8. The summed E-state index contributed by atoms with van der Waals surface area (Å²) in [6, 6.07) is 54.1. The van der Waals surface area contributed by atoms with Gasteiger partial charge in [0.2, 0.25) is 0 Å². The van der Waals surface area contributed by atoms with Gasteiger partial charge in [0, 0.05) is 16.7 Å². The lowest BCUT2D eigenvalue weighted by atomic mass is 9.85. The summed E-state index contributed by atoms with van der Waals surface area (Å²) in [5, 5.41) is 0. The standard InChI is InChI=1S/C50H42N2/c1-34-14-10-12-20-44(34)46-32-47(36(3)30-35(46)2)45-21-13-11-19-43(45)31-37-22-24-40(25-23-37)48-33-49(52-50(51-48)42-17-8-5-9-18-42)41-28-26-39(27-29-41)38-15-6-4-7-16-38/h4-9,11-13,15-30,32-33H,10,14,31H2,1-3H3. The van der Waals surface area contributed by atoms with E-state index in [2.05, 4.69) is 160 Å². The van der Waals surface area contributed by atoms with Gasteiger partial charge in [-0.15, -0.1) is 0 Å². The Morgan fingerprint density at radius 3 is 1.71 bits per heavy atom. The summed E-state index contributed by atoms with van der Waals surface area (Å²) in [4.78, 5) is 10.1. The van der Waals surface area contributed by atoms with Crippen LogP contribution in [0.3, 0.4) is 0 Å². The van der Waals surface area contributed by atoms with Gasteiger partial charge in [-0.2, -0.15) is 0 Å². The van der Waals surface area contributed by atoms with Gasteiger partial charge in [0.25, 0.3) is 0 Å².